The van der Waals surface area contributed by atoms with Gasteiger partial charge in [-0.05, 0) is 38.1 Å². The number of hydrogen-bond acceptors (Lipinski definition) is 3. The molecule has 2 aromatic heterocycles. The number of nitrogens with zero attached hydrogens (tertiary/aromatic N) is 2. The van der Waals surface area contributed by atoms with Gasteiger partial charge in [-0.2, -0.15) is 0 Å². The van der Waals surface area contributed by atoms with Crippen LogP contribution in [-0.2, 0) is 6.54 Å². The number of thiazole rings is 1. The van der Waals surface area contributed by atoms with Crippen molar-refractivity contribution in [1.29, 1.82) is 0 Å². The number of aromatic nitrogens is 2. The van der Waals surface area contributed by atoms with E-state index in [1.165, 1.54) is 5.56 Å². The number of aryl methyl sites for hydroxylation is 2. The van der Waals surface area contributed by atoms with Gasteiger partial charge in [0.1, 0.15) is 5.01 Å². The Morgan fingerprint density at radius 2 is 1.96 bits per heavy atom. The quantitative estimate of drug-likeness (QED) is 0.541. The van der Waals surface area contributed by atoms with Crippen molar-refractivity contribution in [2.45, 2.75) is 20.4 Å². The van der Waals surface area contributed by atoms with Crippen molar-refractivity contribution in [1.82, 2.24) is 9.55 Å². The van der Waals surface area contributed by atoms with Crippen LogP contribution < -0.4 is 5.56 Å². The number of rotatable bonds is 2. The van der Waals surface area contributed by atoms with E-state index in [1.54, 1.807) is 17.4 Å². The zero-order valence-corrected chi connectivity index (χ0v) is 13.9. The first-order valence-corrected chi connectivity index (χ1v) is 8.49. The van der Waals surface area contributed by atoms with Crippen molar-refractivity contribution < 1.29 is 0 Å². The molecular weight excluding hydrogens is 304 g/mol. The molecule has 0 aliphatic heterocycles. The largest absolute Gasteiger partial charge is 0.309 e. The molecule has 2 heterocycles. The highest BCUT2D eigenvalue weighted by Crippen LogP contribution is 2.34. The summed E-state index contributed by atoms with van der Waals surface area (Å²) in [4.78, 5) is 17.2. The van der Waals surface area contributed by atoms with E-state index in [0.29, 0.717) is 6.54 Å². The second kappa shape index (κ2) is 5.32. The maximum Gasteiger partial charge on any atom is 0.251 e. The van der Waals surface area contributed by atoms with Crippen LogP contribution in [0.25, 0.3) is 31.7 Å². The third-order valence-electron chi connectivity index (χ3n) is 4.11. The molecule has 0 radical (unpaired) electrons. The molecule has 0 saturated heterocycles. The zero-order chi connectivity index (χ0) is 16.0. The number of pyridine rings is 1. The average molecular weight is 320 g/mol. The molecule has 0 aliphatic rings. The summed E-state index contributed by atoms with van der Waals surface area (Å²) < 4.78 is 2.95. The number of para-hydroxylation sites is 1. The fourth-order valence-corrected chi connectivity index (χ4v) is 3.99. The Bertz CT molecular complexity index is 1060. The Labute approximate surface area is 137 Å². The van der Waals surface area contributed by atoms with Gasteiger partial charge in [0.25, 0.3) is 5.56 Å². The highest BCUT2D eigenvalue weighted by atomic mass is 32.1. The van der Waals surface area contributed by atoms with Crippen LogP contribution in [0.4, 0.5) is 0 Å². The molecule has 0 saturated carbocycles. The first-order valence-electron chi connectivity index (χ1n) is 7.67. The van der Waals surface area contributed by atoms with E-state index >= 15 is 0 Å². The SMILES string of the molecule is CCn1c(=O)cc(-c2nc3ccccc3s2)c2cc(C)ccc21. The smallest absolute Gasteiger partial charge is 0.251 e. The molecule has 4 aromatic rings. The molecule has 114 valence electrons. The summed E-state index contributed by atoms with van der Waals surface area (Å²) in [6.07, 6.45) is 0. The lowest BCUT2D eigenvalue weighted by molar-refractivity contribution is 0.760. The Kier molecular flexibility index (Phi) is 3.27. The summed E-state index contributed by atoms with van der Waals surface area (Å²) in [6.45, 7) is 4.74. The van der Waals surface area contributed by atoms with E-state index < -0.39 is 0 Å². The van der Waals surface area contributed by atoms with Gasteiger partial charge in [0.05, 0.1) is 15.7 Å². The third kappa shape index (κ3) is 2.26. The normalized spacial score (nSPS) is 11.4. The number of hydrogen-bond donors (Lipinski definition) is 0. The van der Waals surface area contributed by atoms with E-state index in [1.807, 2.05) is 35.8 Å². The van der Waals surface area contributed by atoms with Crippen LogP contribution in [0, 0.1) is 6.92 Å². The van der Waals surface area contributed by atoms with Crippen molar-refractivity contribution in [2.75, 3.05) is 0 Å². The van der Waals surface area contributed by atoms with Crippen LogP contribution in [0.2, 0.25) is 0 Å². The predicted octanol–water partition coefficient (Wildman–Crippen LogP) is 4.61. The fraction of sp³-hybridized carbons (Fsp3) is 0.158. The van der Waals surface area contributed by atoms with Crippen molar-refractivity contribution >= 4 is 32.5 Å². The minimum Gasteiger partial charge on any atom is -0.309 e. The summed E-state index contributed by atoms with van der Waals surface area (Å²) in [5.41, 5.74) is 4.09. The summed E-state index contributed by atoms with van der Waals surface area (Å²) in [6, 6.07) is 16.0. The summed E-state index contributed by atoms with van der Waals surface area (Å²) in [7, 11) is 0. The van der Waals surface area contributed by atoms with Gasteiger partial charge in [-0.15, -0.1) is 11.3 Å². The summed E-state index contributed by atoms with van der Waals surface area (Å²) in [5.74, 6) is 0. The molecule has 4 rings (SSSR count). The van der Waals surface area contributed by atoms with Gasteiger partial charge in [-0.3, -0.25) is 4.79 Å². The summed E-state index contributed by atoms with van der Waals surface area (Å²) >= 11 is 1.63. The van der Waals surface area contributed by atoms with Crippen LogP contribution in [0.1, 0.15) is 12.5 Å². The molecule has 0 amide bonds. The van der Waals surface area contributed by atoms with Gasteiger partial charge >= 0.3 is 0 Å². The van der Waals surface area contributed by atoms with Crippen LogP contribution >= 0.6 is 11.3 Å². The zero-order valence-electron chi connectivity index (χ0n) is 13.0. The second-order valence-electron chi connectivity index (χ2n) is 5.65. The second-order valence-corrected chi connectivity index (χ2v) is 6.68. The molecule has 0 aliphatic carbocycles. The standard InChI is InChI=1S/C19H16N2OS/c1-3-21-16-9-8-12(2)10-13(16)14(11-18(21)22)19-20-15-6-4-5-7-17(15)23-19/h4-11H,3H2,1-2H3. The molecule has 0 unspecified atom stereocenters. The summed E-state index contributed by atoms with van der Waals surface area (Å²) in [5, 5.41) is 1.99. The highest BCUT2D eigenvalue weighted by Gasteiger charge is 2.13. The van der Waals surface area contributed by atoms with Crippen LogP contribution in [0.3, 0.4) is 0 Å². The van der Waals surface area contributed by atoms with E-state index in [-0.39, 0.29) is 5.56 Å². The van der Waals surface area contributed by atoms with Crippen molar-refractivity contribution in [2.24, 2.45) is 0 Å². The number of fused-ring (bicyclic) bond motifs is 2. The molecule has 0 fully saturated rings. The molecule has 0 atom stereocenters. The lowest BCUT2D eigenvalue weighted by Crippen LogP contribution is -2.19. The topological polar surface area (TPSA) is 34.9 Å². The Hall–Kier alpha value is -2.46. The van der Waals surface area contributed by atoms with Crippen LogP contribution in [-0.4, -0.2) is 9.55 Å². The first-order chi connectivity index (χ1) is 11.2. The highest BCUT2D eigenvalue weighted by molar-refractivity contribution is 7.21. The lowest BCUT2D eigenvalue weighted by Gasteiger charge is -2.11. The fourth-order valence-electron chi connectivity index (χ4n) is 2.99. The minimum absolute atomic E-state index is 0.0260. The Morgan fingerprint density at radius 1 is 1.13 bits per heavy atom. The van der Waals surface area contributed by atoms with Gasteiger partial charge < -0.3 is 4.57 Å². The van der Waals surface area contributed by atoms with Crippen molar-refractivity contribution in [3.8, 4) is 10.6 Å². The molecule has 0 N–H and O–H groups in total. The van der Waals surface area contributed by atoms with Crippen LogP contribution in [0.15, 0.2) is 53.3 Å². The third-order valence-corrected chi connectivity index (χ3v) is 5.18. The van der Waals surface area contributed by atoms with Gasteiger partial charge in [0, 0.05) is 23.6 Å². The lowest BCUT2D eigenvalue weighted by atomic mass is 10.1. The predicted molar refractivity (Wildman–Crippen MR) is 97.2 cm³/mol. The average Bonchev–Trinajstić information content (AvgIpc) is 2.98. The molecule has 2 aromatic carbocycles. The van der Waals surface area contributed by atoms with E-state index in [4.69, 9.17) is 4.98 Å². The molecule has 23 heavy (non-hydrogen) atoms. The van der Waals surface area contributed by atoms with Crippen molar-refractivity contribution in [3.63, 3.8) is 0 Å². The van der Waals surface area contributed by atoms with Gasteiger partial charge in [-0.25, -0.2) is 4.98 Å². The van der Waals surface area contributed by atoms with Crippen LogP contribution in [0.5, 0.6) is 0 Å². The maximum atomic E-state index is 12.5. The van der Waals surface area contributed by atoms with Gasteiger partial charge in [0.2, 0.25) is 0 Å². The van der Waals surface area contributed by atoms with Gasteiger partial charge in [0.15, 0.2) is 0 Å². The molecule has 0 bridgehead atoms. The van der Waals surface area contributed by atoms with E-state index in [0.717, 1.165) is 31.7 Å². The molecule has 4 heteroatoms. The number of benzene rings is 2. The minimum atomic E-state index is 0.0260. The van der Waals surface area contributed by atoms with E-state index in [2.05, 4.69) is 25.1 Å². The van der Waals surface area contributed by atoms with Gasteiger partial charge in [-0.1, -0.05) is 23.8 Å². The monoisotopic (exact) mass is 320 g/mol. The Balaban J connectivity index is 2.10. The molecular formula is C19H16N2OS. The van der Waals surface area contributed by atoms with Crippen molar-refractivity contribution in [3.05, 3.63) is 64.4 Å². The Morgan fingerprint density at radius 3 is 2.74 bits per heavy atom. The van der Waals surface area contributed by atoms with E-state index in [9.17, 15) is 4.79 Å². The molecule has 0 spiro atoms. The molecule has 3 nitrogen and oxygen atoms in total. The first kappa shape index (κ1) is 14.2. The maximum absolute atomic E-state index is 12.5.